The number of thiophene rings is 1. The Hall–Kier alpha value is -2.15. The first kappa shape index (κ1) is 15.7. The zero-order valence-corrected chi connectivity index (χ0v) is 14.3. The Kier molecular flexibility index (Phi) is 4.76. The number of carbonyl (C=O) groups is 1. The monoisotopic (exact) mass is 331 g/mol. The third-order valence-electron chi connectivity index (χ3n) is 3.85. The quantitative estimate of drug-likeness (QED) is 0.933. The van der Waals surface area contributed by atoms with Gasteiger partial charge in [-0.1, -0.05) is 0 Å². The molecule has 2 aromatic heterocycles. The second-order valence-corrected chi connectivity index (χ2v) is 6.60. The minimum absolute atomic E-state index is 0.135. The summed E-state index contributed by atoms with van der Waals surface area (Å²) in [5.41, 5.74) is 1.28. The summed E-state index contributed by atoms with van der Waals surface area (Å²) in [6.45, 7) is 1.99. The van der Waals surface area contributed by atoms with Crippen LogP contribution < -0.4 is 15.1 Å². The molecule has 2 aromatic rings. The van der Waals surface area contributed by atoms with Gasteiger partial charge in [0.25, 0.3) is 5.91 Å². The van der Waals surface area contributed by atoms with Gasteiger partial charge in [-0.3, -0.25) is 4.79 Å². The fourth-order valence-corrected chi connectivity index (χ4v) is 3.26. The number of amides is 1. The van der Waals surface area contributed by atoms with Gasteiger partial charge in [0.1, 0.15) is 5.69 Å². The number of nitrogens with one attached hydrogen (secondary N) is 1. The Bertz CT molecular complexity index is 665. The predicted octanol–water partition coefficient (Wildman–Crippen LogP) is 2.85. The van der Waals surface area contributed by atoms with Crippen molar-refractivity contribution >= 4 is 34.7 Å². The second-order valence-electron chi connectivity index (χ2n) is 5.82. The minimum atomic E-state index is -0.135. The number of aromatic nitrogens is 2. The highest BCUT2D eigenvalue weighted by atomic mass is 32.1. The number of hydrogen-bond donors (Lipinski definition) is 1. The number of piperidine rings is 1. The third-order valence-corrected chi connectivity index (χ3v) is 4.53. The molecule has 0 aliphatic carbocycles. The molecule has 3 heterocycles. The van der Waals surface area contributed by atoms with Crippen molar-refractivity contribution in [3.8, 4) is 0 Å². The molecule has 0 saturated carbocycles. The molecule has 0 unspecified atom stereocenters. The van der Waals surface area contributed by atoms with Crippen molar-refractivity contribution < 1.29 is 4.79 Å². The van der Waals surface area contributed by atoms with Crippen LogP contribution in [0.2, 0.25) is 0 Å². The van der Waals surface area contributed by atoms with Crippen LogP contribution in [0.25, 0.3) is 0 Å². The van der Waals surface area contributed by atoms with Crippen molar-refractivity contribution in [2.24, 2.45) is 0 Å². The van der Waals surface area contributed by atoms with Crippen LogP contribution in [0.1, 0.15) is 29.6 Å². The fourth-order valence-electron chi connectivity index (χ4n) is 2.63. The second kappa shape index (κ2) is 6.95. The minimum Gasteiger partial charge on any atom is -0.361 e. The van der Waals surface area contributed by atoms with Crippen molar-refractivity contribution in [3.05, 3.63) is 28.6 Å². The van der Waals surface area contributed by atoms with E-state index in [2.05, 4.69) is 20.2 Å². The molecule has 1 saturated heterocycles. The summed E-state index contributed by atoms with van der Waals surface area (Å²) in [6.07, 6.45) is 5.33. The lowest BCUT2D eigenvalue weighted by atomic mass is 10.1. The van der Waals surface area contributed by atoms with Gasteiger partial charge in [0.05, 0.1) is 11.8 Å². The highest BCUT2D eigenvalue weighted by Crippen LogP contribution is 2.25. The van der Waals surface area contributed by atoms with Gasteiger partial charge in [-0.05, 0) is 30.7 Å². The average molecular weight is 331 g/mol. The zero-order valence-electron chi connectivity index (χ0n) is 13.5. The number of rotatable bonds is 4. The topological polar surface area (TPSA) is 61.4 Å². The molecule has 122 valence electrons. The zero-order chi connectivity index (χ0) is 16.2. The van der Waals surface area contributed by atoms with Crippen LogP contribution in [0.15, 0.2) is 23.0 Å². The number of hydrogen-bond acceptors (Lipinski definition) is 6. The van der Waals surface area contributed by atoms with E-state index in [1.807, 2.05) is 29.8 Å². The number of carbonyl (C=O) groups excluding carboxylic acids is 1. The van der Waals surface area contributed by atoms with E-state index in [9.17, 15) is 4.79 Å². The van der Waals surface area contributed by atoms with Crippen molar-refractivity contribution in [3.63, 3.8) is 0 Å². The third kappa shape index (κ3) is 3.61. The van der Waals surface area contributed by atoms with E-state index >= 15 is 0 Å². The van der Waals surface area contributed by atoms with Gasteiger partial charge >= 0.3 is 0 Å². The Morgan fingerprint density at radius 1 is 1.30 bits per heavy atom. The van der Waals surface area contributed by atoms with Gasteiger partial charge < -0.3 is 15.1 Å². The lowest BCUT2D eigenvalue weighted by Crippen LogP contribution is -2.31. The summed E-state index contributed by atoms with van der Waals surface area (Å²) in [5, 5.41) is 6.62. The maximum Gasteiger partial charge on any atom is 0.256 e. The molecule has 3 rings (SSSR count). The summed E-state index contributed by atoms with van der Waals surface area (Å²) in [5.74, 6) is 1.33. The molecule has 23 heavy (non-hydrogen) atoms. The molecule has 1 aliphatic heterocycles. The fraction of sp³-hybridized carbons (Fsp3) is 0.438. The van der Waals surface area contributed by atoms with Crippen LogP contribution >= 0.6 is 11.3 Å². The van der Waals surface area contributed by atoms with Crippen molar-refractivity contribution in [1.29, 1.82) is 0 Å². The molecule has 0 atom stereocenters. The lowest BCUT2D eigenvalue weighted by molar-refractivity contribution is 0.102. The SMILES string of the molecule is CN(C)c1nc(N2CCCCC2)ncc1NC(=O)c1ccsc1. The van der Waals surface area contributed by atoms with Crippen LogP contribution in [0.3, 0.4) is 0 Å². The van der Waals surface area contributed by atoms with E-state index in [0.29, 0.717) is 11.3 Å². The average Bonchev–Trinajstić information content (AvgIpc) is 3.10. The van der Waals surface area contributed by atoms with Crippen LogP contribution in [-0.2, 0) is 0 Å². The van der Waals surface area contributed by atoms with E-state index in [-0.39, 0.29) is 5.91 Å². The first-order valence-electron chi connectivity index (χ1n) is 7.78. The lowest BCUT2D eigenvalue weighted by Gasteiger charge is -2.28. The van der Waals surface area contributed by atoms with E-state index in [4.69, 9.17) is 0 Å². The van der Waals surface area contributed by atoms with Crippen LogP contribution in [0.4, 0.5) is 17.5 Å². The Balaban J connectivity index is 1.83. The van der Waals surface area contributed by atoms with Crippen molar-refractivity contribution in [1.82, 2.24) is 9.97 Å². The standard InChI is InChI=1S/C16H21N5OS/c1-20(2)14-13(18-15(22)12-6-9-23-11-12)10-17-16(19-14)21-7-4-3-5-8-21/h6,9-11H,3-5,7-8H2,1-2H3,(H,18,22). The summed E-state index contributed by atoms with van der Waals surface area (Å²) in [7, 11) is 3.84. The van der Waals surface area contributed by atoms with Crippen molar-refractivity contribution in [2.75, 3.05) is 42.3 Å². The van der Waals surface area contributed by atoms with Gasteiger partial charge in [0, 0.05) is 32.6 Å². The predicted molar refractivity (Wildman–Crippen MR) is 94.7 cm³/mol. The van der Waals surface area contributed by atoms with E-state index in [1.165, 1.54) is 30.6 Å². The summed E-state index contributed by atoms with van der Waals surface area (Å²) in [6, 6.07) is 1.80. The highest BCUT2D eigenvalue weighted by molar-refractivity contribution is 7.08. The molecule has 1 aliphatic rings. The number of anilines is 3. The molecule has 0 spiro atoms. The number of nitrogens with zero attached hydrogens (tertiary/aromatic N) is 4. The first-order valence-corrected chi connectivity index (χ1v) is 8.72. The van der Waals surface area contributed by atoms with Gasteiger partial charge in [-0.2, -0.15) is 16.3 Å². The molecule has 1 N–H and O–H groups in total. The maximum absolute atomic E-state index is 12.2. The molecule has 6 nitrogen and oxygen atoms in total. The van der Waals surface area contributed by atoms with Crippen LogP contribution in [-0.4, -0.2) is 43.1 Å². The molecule has 0 bridgehead atoms. The van der Waals surface area contributed by atoms with E-state index in [1.54, 1.807) is 12.3 Å². The normalized spacial score (nSPS) is 14.6. The smallest absolute Gasteiger partial charge is 0.256 e. The molecule has 1 amide bonds. The first-order chi connectivity index (χ1) is 11.1. The molecular weight excluding hydrogens is 310 g/mol. The van der Waals surface area contributed by atoms with Crippen LogP contribution in [0, 0.1) is 0 Å². The largest absolute Gasteiger partial charge is 0.361 e. The summed E-state index contributed by atoms with van der Waals surface area (Å²) in [4.78, 5) is 25.5. The Morgan fingerprint density at radius 3 is 2.74 bits per heavy atom. The molecule has 7 heteroatoms. The van der Waals surface area contributed by atoms with Crippen LogP contribution in [0.5, 0.6) is 0 Å². The summed E-state index contributed by atoms with van der Waals surface area (Å²) >= 11 is 1.50. The van der Waals surface area contributed by atoms with Gasteiger partial charge in [0.2, 0.25) is 5.95 Å². The van der Waals surface area contributed by atoms with E-state index in [0.717, 1.165) is 24.9 Å². The Labute approximate surface area is 140 Å². The Morgan fingerprint density at radius 2 is 2.09 bits per heavy atom. The van der Waals surface area contributed by atoms with Crippen molar-refractivity contribution in [2.45, 2.75) is 19.3 Å². The molecule has 0 radical (unpaired) electrons. The molecule has 1 fully saturated rings. The van der Waals surface area contributed by atoms with E-state index < -0.39 is 0 Å². The maximum atomic E-state index is 12.2. The van der Waals surface area contributed by atoms with Gasteiger partial charge in [-0.25, -0.2) is 4.98 Å². The molecular formula is C16H21N5OS. The van der Waals surface area contributed by atoms with Gasteiger partial charge in [0.15, 0.2) is 5.82 Å². The summed E-state index contributed by atoms with van der Waals surface area (Å²) < 4.78 is 0. The molecule has 0 aromatic carbocycles. The van der Waals surface area contributed by atoms with Gasteiger partial charge in [-0.15, -0.1) is 0 Å². The highest BCUT2D eigenvalue weighted by Gasteiger charge is 2.18.